The van der Waals surface area contributed by atoms with Crippen LogP contribution in [-0.2, 0) is 10.3 Å². The van der Waals surface area contributed by atoms with Crippen LogP contribution in [0, 0.1) is 6.92 Å². The number of morpholine rings is 1. The first kappa shape index (κ1) is 12.0. The molecule has 2 aliphatic heterocycles. The van der Waals surface area contributed by atoms with E-state index in [0.717, 1.165) is 5.69 Å². The van der Waals surface area contributed by atoms with E-state index in [2.05, 4.69) is 22.1 Å². The number of piperidine rings is 1. The number of ether oxygens (including phenoxy) is 1. The van der Waals surface area contributed by atoms with Crippen molar-refractivity contribution in [1.82, 2.24) is 15.1 Å². The van der Waals surface area contributed by atoms with Crippen LogP contribution >= 0.6 is 0 Å². The van der Waals surface area contributed by atoms with Gasteiger partial charge < -0.3 is 9.84 Å². The third-order valence-corrected chi connectivity index (χ3v) is 4.19. The van der Waals surface area contributed by atoms with E-state index in [4.69, 9.17) is 4.74 Å². The van der Waals surface area contributed by atoms with Crippen LogP contribution in [0.1, 0.15) is 24.2 Å². The third kappa shape index (κ3) is 1.92. The summed E-state index contributed by atoms with van der Waals surface area (Å²) in [5, 5.41) is 19.1. The van der Waals surface area contributed by atoms with Gasteiger partial charge in [-0.1, -0.05) is 0 Å². The lowest BCUT2D eigenvalue weighted by molar-refractivity contribution is -0.139. The van der Waals surface area contributed by atoms with Gasteiger partial charge in [0, 0.05) is 12.1 Å². The van der Waals surface area contributed by atoms with E-state index in [9.17, 15) is 5.11 Å². The van der Waals surface area contributed by atoms with Crippen molar-refractivity contribution in [2.45, 2.75) is 37.5 Å². The minimum absolute atomic E-state index is 0.269. The minimum Gasteiger partial charge on any atom is -0.383 e. The van der Waals surface area contributed by atoms with Crippen molar-refractivity contribution in [2.75, 3.05) is 20.3 Å². The fourth-order valence-corrected chi connectivity index (χ4v) is 3.00. The summed E-state index contributed by atoms with van der Waals surface area (Å²) >= 11 is 0. The Morgan fingerprint density at radius 1 is 1.28 bits per heavy atom. The first-order chi connectivity index (χ1) is 8.58. The van der Waals surface area contributed by atoms with Crippen molar-refractivity contribution in [3.63, 3.8) is 0 Å². The second-order valence-electron chi connectivity index (χ2n) is 5.51. The van der Waals surface area contributed by atoms with Crippen molar-refractivity contribution < 1.29 is 9.84 Å². The highest BCUT2D eigenvalue weighted by molar-refractivity contribution is 5.16. The van der Waals surface area contributed by atoms with Crippen LogP contribution in [0.3, 0.4) is 0 Å². The van der Waals surface area contributed by atoms with Gasteiger partial charge in [-0.05, 0) is 38.9 Å². The maximum Gasteiger partial charge on any atom is 0.111 e. The van der Waals surface area contributed by atoms with Gasteiger partial charge in [-0.3, -0.25) is 4.90 Å². The molecule has 0 spiro atoms. The van der Waals surface area contributed by atoms with Crippen molar-refractivity contribution in [2.24, 2.45) is 0 Å². The molecule has 0 saturated carbocycles. The van der Waals surface area contributed by atoms with Crippen LogP contribution in [0.2, 0.25) is 0 Å². The van der Waals surface area contributed by atoms with Crippen LogP contribution in [0.4, 0.5) is 0 Å². The first-order valence-electron chi connectivity index (χ1n) is 6.41. The van der Waals surface area contributed by atoms with E-state index >= 15 is 0 Å². The number of rotatable bonds is 1. The topological polar surface area (TPSA) is 58.5 Å². The second-order valence-corrected chi connectivity index (χ2v) is 5.51. The molecule has 2 aliphatic rings. The lowest BCUT2D eigenvalue weighted by Crippen LogP contribution is -2.59. The molecule has 5 heteroatoms. The van der Waals surface area contributed by atoms with Gasteiger partial charge in [-0.25, -0.2) is 0 Å². The van der Waals surface area contributed by atoms with E-state index < -0.39 is 5.60 Å². The largest absolute Gasteiger partial charge is 0.383 e. The summed E-state index contributed by atoms with van der Waals surface area (Å²) in [4.78, 5) is 2.32. The highest BCUT2D eigenvalue weighted by atomic mass is 16.5. The second kappa shape index (κ2) is 4.26. The molecule has 2 saturated heterocycles. The molecule has 1 N–H and O–H groups in total. The van der Waals surface area contributed by atoms with E-state index in [1.807, 2.05) is 19.1 Å². The summed E-state index contributed by atoms with van der Waals surface area (Å²) in [6.45, 7) is 3.28. The smallest absolute Gasteiger partial charge is 0.111 e. The average molecular weight is 249 g/mol. The number of aromatic nitrogens is 2. The molecule has 2 fully saturated rings. The Morgan fingerprint density at radius 2 is 1.94 bits per heavy atom. The number of aryl methyl sites for hydroxylation is 1. The molecular formula is C13H19N3O2. The lowest BCUT2D eigenvalue weighted by atomic mass is 9.79. The van der Waals surface area contributed by atoms with Gasteiger partial charge in [0.25, 0.3) is 0 Å². The van der Waals surface area contributed by atoms with Crippen molar-refractivity contribution in [3.8, 4) is 0 Å². The molecule has 2 atom stereocenters. The normalized spacial score (nSPS) is 36.6. The molecule has 2 unspecified atom stereocenters. The maximum absolute atomic E-state index is 10.9. The Labute approximate surface area is 107 Å². The molecule has 1 aromatic rings. The summed E-state index contributed by atoms with van der Waals surface area (Å²) in [5.41, 5.74) is 0.712. The molecule has 0 radical (unpaired) electrons. The van der Waals surface area contributed by atoms with E-state index in [1.54, 1.807) is 0 Å². The zero-order valence-electron chi connectivity index (χ0n) is 10.8. The molecule has 5 nitrogen and oxygen atoms in total. The van der Waals surface area contributed by atoms with Crippen LogP contribution < -0.4 is 0 Å². The first-order valence-corrected chi connectivity index (χ1v) is 6.41. The van der Waals surface area contributed by atoms with E-state index in [1.165, 1.54) is 0 Å². The van der Waals surface area contributed by atoms with Gasteiger partial charge in [-0.2, -0.15) is 10.2 Å². The molecule has 98 valence electrons. The van der Waals surface area contributed by atoms with E-state index in [0.29, 0.717) is 31.7 Å². The zero-order chi connectivity index (χ0) is 12.8. The summed E-state index contributed by atoms with van der Waals surface area (Å²) < 4.78 is 5.57. The Morgan fingerprint density at radius 3 is 2.50 bits per heavy atom. The van der Waals surface area contributed by atoms with E-state index in [-0.39, 0.29) is 12.1 Å². The highest BCUT2D eigenvalue weighted by Crippen LogP contribution is 2.39. The number of hydrogen-bond donors (Lipinski definition) is 1. The Kier molecular flexibility index (Phi) is 2.84. The Balaban J connectivity index is 1.89. The number of nitrogens with zero attached hydrogens (tertiary/aromatic N) is 3. The monoisotopic (exact) mass is 249 g/mol. The summed E-state index contributed by atoms with van der Waals surface area (Å²) in [6, 6.07) is 4.34. The molecule has 3 heterocycles. The quantitative estimate of drug-likeness (QED) is 0.784. The van der Waals surface area contributed by atoms with Gasteiger partial charge >= 0.3 is 0 Å². The van der Waals surface area contributed by atoms with Gasteiger partial charge in [0.1, 0.15) is 5.60 Å². The molecule has 3 rings (SSSR count). The van der Waals surface area contributed by atoms with Crippen LogP contribution in [0.25, 0.3) is 0 Å². The van der Waals surface area contributed by atoms with Crippen molar-refractivity contribution in [1.29, 1.82) is 0 Å². The summed E-state index contributed by atoms with van der Waals surface area (Å²) in [5.74, 6) is 0. The lowest BCUT2D eigenvalue weighted by Gasteiger charge is -2.49. The fraction of sp³-hybridized carbons (Fsp3) is 0.692. The van der Waals surface area contributed by atoms with Crippen LogP contribution in [0.5, 0.6) is 0 Å². The highest BCUT2D eigenvalue weighted by Gasteiger charge is 2.46. The number of fused-ring (bicyclic) bond motifs is 2. The molecule has 0 aromatic carbocycles. The van der Waals surface area contributed by atoms with Crippen LogP contribution in [0.15, 0.2) is 12.1 Å². The molecule has 1 aromatic heterocycles. The SMILES string of the molecule is Cc1ccc(C2(O)CC3COCC(C2)N3C)nn1. The number of hydrogen-bond acceptors (Lipinski definition) is 5. The molecule has 2 bridgehead atoms. The molecule has 0 aliphatic carbocycles. The van der Waals surface area contributed by atoms with Gasteiger partial charge in [0.05, 0.1) is 24.6 Å². The van der Waals surface area contributed by atoms with Crippen LogP contribution in [-0.4, -0.2) is 52.5 Å². The molecular weight excluding hydrogens is 230 g/mol. The standard InChI is InChI=1S/C13H19N3O2/c1-9-3-4-12(15-14-9)13(17)5-10-7-18-8-11(6-13)16(10)2/h3-4,10-11,17H,5-8H2,1-2H3. The minimum atomic E-state index is -0.855. The Bertz CT molecular complexity index is 420. The van der Waals surface area contributed by atoms with Gasteiger partial charge in [-0.15, -0.1) is 0 Å². The third-order valence-electron chi connectivity index (χ3n) is 4.19. The average Bonchev–Trinajstić information content (AvgIpc) is 2.32. The number of likely N-dealkylation sites (N-methyl/N-ethyl adjacent to an activating group) is 1. The Hall–Kier alpha value is -1.04. The van der Waals surface area contributed by atoms with Gasteiger partial charge in [0.2, 0.25) is 0 Å². The van der Waals surface area contributed by atoms with Crippen molar-refractivity contribution >= 4 is 0 Å². The number of aliphatic hydroxyl groups is 1. The van der Waals surface area contributed by atoms with Crippen molar-refractivity contribution in [3.05, 3.63) is 23.5 Å². The summed E-state index contributed by atoms with van der Waals surface area (Å²) in [6.07, 6.45) is 1.33. The zero-order valence-corrected chi connectivity index (χ0v) is 10.8. The predicted molar refractivity (Wildman–Crippen MR) is 66.1 cm³/mol. The molecule has 18 heavy (non-hydrogen) atoms. The van der Waals surface area contributed by atoms with Gasteiger partial charge in [0.15, 0.2) is 0 Å². The predicted octanol–water partition coefficient (Wildman–Crippen LogP) is 0.466. The molecule has 0 amide bonds. The maximum atomic E-state index is 10.9. The fourth-order valence-electron chi connectivity index (χ4n) is 3.00. The summed E-state index contributed by atoms with van der Waals surface area (Å²) in [7, 11) is 2.11.